The Morgan fingerprint density at radius 2 is 1.44 bits per heavy atom. The maximum atomic E-state index is 14.8. The van der Waals surface area contributed by atoms with Crippen LogP contribution in [0.1, 0.15) is 126 Å². The van der Waals surface area contributed by atoms with Crippen LogP contribution >= 0.6 is 0 Å². The third-order valence-corrected chi connectivity index (χ3v) is 16.9. The highest BCUT2D eigenvalue weighted by molar-refractivity contribution is 6.39. The van der Waals surface area contributed by atoms with Crippen LogP contribution in [0.2, 0.25) is 0 Å². The van der Waals surface area contributed by atoms with Crippen molar-refractivity contribution >= 4 is 29.5 Å². The molecule has 0 radical (unpaired) electrons. The van der Waals surface area contributed by atoms with Crippen LogP contribution in [-0.2, 0) is 71.3 Å². The van der Waals surface area contributed by atoms with Crippen LogP contribution in [-0.4, -0.2) is 200 Å². The van der Waals surface area contributed by atoms with Crippen molar-refractivity contribution in [3.05, 3.63) is 47.6 Å². The first kappa shape index (κ1) is 70.6. The van der Waals surface area contributed by atoms with E-state index in [1.807, 2.05) is 71.1 Å². The van der Waals surface area contributed by atoms with E-state index in [-0.39, 0.29) is 62.0 Å². The molecule has 0 aromatic rings. The number of ketones is 2. The van der Waals surface area contributed by atoms with E-state index in [0.29, 0.717) is 109 Å². The van der Waals surface area contributed by atoms with Crippen LogP contribution in [0.15, 0.2) is 47.6 Å². The summed E-state index contributed by atoms with van der Waals surface area (Å²) in [7, 11) is 7.78. The van der Waals surface area contributed by atoms with E-state index < -0.39 is 96.2 Å². The lowest BCUT2D eigenvalue weighted by atomic mass is 9.78. The van der Waals surface area contributed by atoms with Gasteiger partial charge in [0, 0.05) is 79.2 Å². The molecular formula is C62H102N2O18. The lowest BCUT2D eigenvalue weighted by molar-refractivity contribution is -0.265. The number of hydrogen-bond donors (Lipinski definition) is 3. The molecule has 0 aromatic heterocycles. The fourth-order valence-electron chi connectivity index (χ4n) is 11.8. The Balaban J connectivity index is 1.57. The number of amides is 2. The van der Waals surface area contributed by atoms with Crippen LogP contribution in [0.3, 0.4) is 0 Å². The summed E-state index contributed by atoms with van der Waals surface area (Å²) < 4.78 is 63.7. The number of esters is 1. The summed E-state index contributed by atoms with van der Waals surface area (Å²) in [5.41, 5.74) is 1.39. The van der Waals surface area contributed by atoms with Crippen molar-refractivity contribution in [3.63, 3.8) is 0 Å². The monoisotopic (exact) mass is 1160 g/mol. The van der Waals surface area contributed by atoms with Gasteiger partial charge in [-0.3, -0.25) is 14.4 Å². The Morgan fingerprint density at radius 1 is 0.756 bits per heavy atom. The Morgan fingerprint density at radius 3 is 2.10 bits per heavy atom. The number of aliphatic hydroxyl groups is 2. The van der Waals surface area contributed by atoms with E-state index in [1.165, 1.54) is 12.0 Å². The summed E-state index contributed by atoms with van der Waals surface area (Å²) in [5, 5.41) is 26.6. The lowest BCUT2D eigenvalue weighted by Gasteiger charge is -2.43. The van der Waals surface area contributed by atoms with Gasteiger partial charge in [0.2, 0.25) is 5.79 Å². The number of nitrogens with one attached hydrogen (secondary N) is 1. The molecule has 2 saturated heterocycles. The quantitative estimate of drug-likeness (QED) is 0.0478. The molecule has 16 atom stereocenters. The maximum absolute atomic E-state index is 14.8. The molecule has 1 aliphatic carbocycles. The third kappa shape index (κ3) is 21.9. The van der Waals surface area contributed by atoms with E-state index in [0.717, 1.165) is 5.57 Å². The molecule has 3 aliphatic heterocycles. The van der Waals surface area contributed by atoms with Gasteiger partial charge in [0.05, 0.1) is 70.7 Å². The summed E-state index contributed by atoms with van der Waals surface area (Å²) in [6.45, 7) is 16.5. The molecule has 4 aliphatic rings. The molecule has 2 bridgehead atoms. The number of hydrogen-bond acceptors (Lipinski definition) is 18. The minimum atomic E-state index is -2.44. The van der Waals surface area contributed by atoms with Gasteiger partial charge < -0.3 is 72.5 Å². The molecule has 4 rings (SSSR count). The largest absolute Gasteiger partial charge is 0.460 e. The molecule has 20 heteroatoms. The van der Waals surface area contributed by atoms with Crippen molar-refractivity contribution in [1.29, 1.82) is 0 Å². The fourth-order valence-corrected chi connectivity index (χ4v) is 11.8. The number of methoxy groups -OCH3 is 5. The fraction of sp³-hybridized carbons (Fsp3) is 0.790. The molecule has 1 unspecified atom stereocenters. The van der Waals surface area contributed by atoms with Gasteiger partial charge in [-0.1, -0.05) is 71.1 Å². The zero-order valence-corrected chi connectivity index (χ0v) is 51.3. The van der Waals surface area contributed by atoms with E-state index in [2.05, 4.69) is 5.32 Å². The molecule has 3 fully saturated rings. The van der Waals surface area contributed by atoms with Crippen molar-refractivity contribution < 1.29 is 86.3 Å². The zero-order valence-electron chi connectivity index (χ0n) is 51.3. The summed E-state index contributed by atoms with van der Waals surface area (Å²) in [5.74, 6) is -7.15. The van der Waals surface area contributed by atoms with Crippen molar-refractivity contribution in [2.24, 2.45) is 35.5 Å². The highest BCUT2D eigenvalue weighted by Crippen LogP contribution is 2.38. The number of rotatable bonds is 20. The van der Waals surface area contributed by atoms with Crippen molar-refractivity contribution in [2.75, 3.05) is 94.9 Å². The third-order valence-electron chi connectivity index (χ3n) is 16.9. The number of fused-ring (bicyclic) bond motifs is 3. The smallest absolute Gasteiger partial charge is 0.407 e. The van der Waals surface area contributed by atoms with Crippen LogP contribution in [0.5, 0.6) is 0 Å². The van der Waals surface area contributed by atoms with Gasteiger partial charge in [-0.15, -0.1) is 0 Å². The summed E-state index contributed by atoms with van der Waals surface area (Å²) in [6.07, 6.45) is 11.0. The number of Topliss-reactive ketones (excluding diaryl/α,β-unsaturated/α-hetero) is 2. The molecular weight excluding hydrogens is 1060 g/mol. The second-order valence-electron chi connectivity index (χ2n) is 23.1. The van der Waals surface area contributed by atoms with E-state index >= 15 is 0 Å². The molecule has 3 N–H and O–H groups in total. The molecule has 3 heterocycles. The molecule has 468 valence electrons. The number of ether oxygens (including phenoxy) is 11. The molecule has 2 amide bonds. The first-order valence-corrected chi connectivity index (χ1v) is 29.9. The van der Waals surface area contributed by atoms with Gasteiger partial charge in [-0.25, -0.2) is 9.59 Å². The predicted octanol–water partition coefficient (Wildman–Crippen LogP) is 7.06. The molecule has 82 heavy (non-hydrogen) atoms. The number of aliphatic hydroxyl groups excluding tert-OH is 1. The van der Waals surface area contributed by atoms with Gasteiger partial charge >= 0.3 is 12.1 Å². The number of allylic oxidation sites excluding steroid dienone is 5. The van der Waals surface area contributed by atoms with E-state index in [1.54, 1.807) is 42.3 Å². The van der Waals surface area contributed by atoms with E-state index in [4.69, 9.17) is 52.1 Å². The number of piperidine rings is 1. The zero-order chi connectivity index (χ0) is 60.4. The van der Waals surface area contributed by atoms with Gasteiger partial charge in [-0.2, -0.15) is 0 Å². The number of cyclic esters (lactones) is 1. The number of nitrogens with zero attached hydrogens (tertiary/aromatic N) is 1. The normalized spacial score (nSPS) is 35.3. The maximum Gasteiger partial charge on any atom is 0.407 e. The number of carbonyl (C=O) groups is 5. The topological polar surface area (TPSA) is 243 Å². The Hall–Kier alpha value is -3.93. The van der Waals surface area contributed by atoms with Crippen LogP contribution in [0, 0.1) is 35.5 Å². The average Bonchev–Trinajstić information content (AvgIpc) is 3.47. The minimum absolute atomic E-state index is 0.0239. The van der Waals surface area contributed by atoms with Crippen molar-refractivity contribution in [1.82, 2.24) is 10.2 Å². The second kappa shape index (κ2) is 36.8. The molecule has 20 nitrogen and oxygen atoms in total. The highest BCUT2D eigenvalue weighted by Gasteiger charge is 2.53. The van der Waals surface area contributed by atoms with Crippen LogP contribution < -0.4 is 5.32 Å². The second-order valence-corrected chi connectivity index (χ2v) is 23.1. The molecule has 1 saturated carbocycles. The number of carbonyl (C=O) groups excluding carboxylic acids is 5. The molecule has 0 aromatic carbocycles. The summed E-state index contributed by atoms with van der Waals surface area (Å²) in [6, 6.07) is -1.12. The van der Waals surface area contributed by atoms with E-state index in [9.17, 15) is 34.2 Å². The summed E-state index contributed by atoms with van der Waals surface area (Å²) >= 11 is 0. The van der Waals surface area contributed by atoms with Crippen LogP contribution in [0.4, 0.5) is 4.79 Å². The average molecular weight is 1160 g/mol. The number of alkyl carbamates (subject to hydrolysis) is 1. The van der Waals surface area contributed by atoms with Gasteiger partial charge in [-0.05, 0) is 107 Å². The van der Waals surface area contributed by atoms with Gasteiger partial charge in [0.25, 0.3) is 11.7 Å². The first-order chi connectivity index (χ1) is 39.2. The van der Waals surface area contributed by atoms with Crippen LogP contribution in [0.25, 0.3) is 0 Å². The SMILES string of the molecule is COCCOCCOCCOCCNC(=O)O[C@@H]1CC[C@@H](C[C@@H](C)[C@@H]2C[C@@H](OC)C(C)/C=C(\C)[C@@H](O)[C@@H](OC)C(=O)[C@H](C)C[C@H](C)/C=C/C=C/C=C(\C)[C@@H](OC)C[C@@H]3CC[C@@H](C)[C@@](O)(O3)C(=O)C(=O)N3CCCC[C@H]3C(=O)O2)C[C@H]1OC. The molecule has 0 spiro atoms. The van der Waals surface area contributed by atoms with Gasteiger partial charge in [0.15, 0.2) is 5.78 Å². The highest BCUT2D eigenvalue weighted by atomic mass is 16.6. The standard InChI is InChI=1S/C62H102N2O18/c1-40-18-14-13-15-19-41(2)51(73-9)38-48-23-21-46(7)62(71,82-48)58(67)59(68)64-26-17-16-20-49(64)60(69)80-53(39-52(74-10)42(3)35-45(6)56(66)57(76-12)55(65)44(5)34-40)43(4)36-47-22-24-50(54(37-47)75-11)81-61(70)63-25-27-77-30-31-79-33-32-78-29-28-72-8/h13-15,18-19,35,40,42-44,46-54,56-57,66,71H,16-17,20-34,36-39H2,1-12H3,(H,63,70)/b15-13+,18-14+,41-19+,45-35+/t40-,42?,43-,44-,46-,47+,48+,49+,50-,51+,52-,53+,54-,56-,57+,62-/m1/s1. The van der Waals surface area contributed by atoms with Gasteiger partial charge in [0.1, 0.15) is 30.5 Å². The minimum Gasteiger partial charge on any atom is -0.460 e. The van der Waals surface area contributed by atoms with Crippen molar-refractivity contribution in [3.8, 4) is 0 Å². The summed E-state index contributed by atoms with van der Waals surface area (Å²) in [4.78, 5) is 71.8. The Labute approximate surface area is 488 Å². The lowest BCUT2D eigenvalue weighted by Crippen LogP contribution is -2.61. The Kier molecular flexibility index (Phi) is 31.7. The predicted molar refractivity (Wildman–Crippen MR) is 308 cm³/mol. The Bertz CT molecular complexity index is 2080. The van der Waals surface area contributed by atoms with Crippen molar-refractivity contribution in [2.45, 2.75) is 186 Å². The first-order valence-electron chi connectivity index (χ1n) is 29.9.